The molecule has 0 unspecified atom stereocenters. The Bertz CT molecular complexity index is 812. The van der Waals surface area contributed by atoms with Crippen LogP contribution in [0.25, 0.3) is 10.8 Å². The fraction of sp³-hybridized carbons (Fsp3) is 0.167. The van der Waals surface area contributed by atoms with Crippen LogP contribution in [0.1, 0.15) is 17.0 Å². The number of hydrogen-bond donors (Lipinski definition) is 0. The standard InChI is InChI=1S/C18H15NO2/c1-12-7-14-9-17-18(21-11-20-17)10-15(14)16(19-12)8-13-5-3-2-4-6-13/h2-7,9-10H,8,11H2,1H3. The third-order valence-corrected chi connectivity index (χ3v) is 3.75. The summed E-state index contributed by atoms with van der Waals surface area (Å²) in [5.41, 5.74) is 3.36. The zero-order valence-corrected chi connectivity index (χ0v) is 11.8. The van der Waals surface area contributed by atoms with E-state index in [1.165, 1.54) is 5.56 Å². The van der Waals surface area contributed by atoms with E-state index in [0.717, 1.165) is 40.1 Å². The minimum Gasteiger partial charge on any atom is -0.454 e. The maximum Gasteiger partial charge on any atom is 0.231 e. The molecule has 1 aliphatic heterocycles. The third-order valence-electron chi connectivity index (χ3n) is 3.75. The predicted octanol–water partition coefficient (Wildman–Crippen LogP) is 3.86. The summed E-state index contributed by atoms with van der Waals surface area (Å²) in [6, 6.07) is 16.6. The van der Waals surface area contributed by atoms with Gasteiger partial charge in [0, 0.05) is 17.5 Å². The molecule has 0 saturated carbocycles. The van der Waals surface area contributed by atoms with Gasteiger partial charge in [0.25, 0.3) is 0 Å². The second-order valence-electron chi connectivity index (χ2n) is 5.30. The lowest BCUT2D eigenvalue weighted by Gasteiger charge is -2.09. The molecule has 1 aromatic heterocycles. The molecule has 0 aliphatic carbocycles. The number of aromatic nitrogens is 1. The first-order chi connectivity index (χ1) is 10.3. The number of rotatable bonds is 2. The van der Waals surface area contributed by atoms with Crippen LogP contribution in [0.4, 0.5) is 0 Å². The van der Waals surface area contributed by atoms with Gasteiger partial charge in [-0.3, -0.25) is 4.98 Å². The van der Waals surface area contributed by atoms with E-state index in [2.05, 4.69) is 30.3 Å². The van der Waals surface area contributed by atoms with E-state index in [1.807, 2.05) is 25.1 Å². The van der Waals surface area contributed by atoms with Gasteiger partial charge in [0.15, 0.2) is 11.5 Å². The molecule has 4 rings (SSSR count). The van der Waals surface area contributed by atoms with Crippen LogP contribution in [-0.4, -0.2) is 11.8 Å². The highest BCUT2D eigenvalue weighted by Gasteiger charge is 2.16. The number of pyridine rings is 1. The summed E-state index contributed by atoms with van der Waals surface area (Å²) in [6.07, 6.45) is 0.818. The monoisotopic (exact) mass is 277 g/mol. The number of fused-ring (bicyclic) bond motifs is 2. The topological polar surface area (TPSA) is 31.4 Å². The molecular formula is C18H15NO2. The van der Waals surface area contributed by atoms with Gasteiger partial charge in [-0.25, -0.2) is 0 Å². The van der Waals surface area contributed by atoms with Crippen LogP contribution in [0.3, 0.4) is 0 Å². The van der Waals surface area contributed by atoms with Crippen molar-refractivity contribution in [3.05, 3.63) is 65.5 Å². The Morgan fingerprint density at radius 2 is 1.76 bits per heavy atom. The van der Waals surface area contributed by atoms with Crippen molar-refractivity contribution in [2.24, 2.45) is 0 Å². The van der Waals surface area contributed by atoms with E-state index in [0.29, 0.717) is 6.79 Å². The van der Waals surface area contributed by atoms with Crippen LogP contribution < -0.4 is 9.47 Å². The van der Waals surface area contributed by atoms with E-state index in [4.69, 9.17) is 14.5 Å². The largest absolute Gasteiger partial charge is 0.454 e. The smallest absolute Gasteiger partial charge is 0.231 e. The Morgan fingerprint density at radius 3 is 2.57 bits per heavy atom. The summed E-state index contributed by atoms with van der Waals surface area (Å²) in [5.74, 6) is 1.63. The van der Waals surface area contributed by atoms with Crippen LogP contribution in [0.5, 0.6) is 11.5 Å². The molecule has 104 valence electrons. The lowest BCUT2D eigenvalue weighted by molar-refractivity contribution is 0.174. The summed E-state index contributed by atoms with van der Waals surface area (Å²) in [7, 11) is 0. The Labute approximate surface area is 123 Å². The van der Waals surface area contributed by atoms with Crippen molar-refractivity contribution in [2.45, 2.75) is 13.3 Å². The zero-order valence-electron chi connectivity index (χ0n) is 11.8. The van der Waals surface area contributed by atoms with E-state index in [-0.39, 0.29) is 0 Å². The van der Waals surface area contributed by atoms with Gasteiger partial charge in [0.05, 0.1) is 5.69 Å². The Morgan fingerprint density at radius 1 is 1.00 bits per heavy atom. The minimum absolute atomic E-state index is 0.298. The van der Waals surface area contributed by atoms with Gasteiger partial charge >= 0.3 is 0 Å². The normalized spacial score (nSPS) is 12.8. The Hall–Kier alpha value is -2.55. The number of benzene rings is 2. The summed E-state index contributed by atoms with van der Waals surface area (Å²) >= 11 is 0. The van der Waals surface area contributed by atoms with Gasteiger partial charge < -0.3 is 9.47 Å². The van der Waals surface area contributed by atoms with Crippen molar-refractivity contribution < 1.29 is 9.47 Å². The SMILES string of the molecule is Cc1cc2cc3c(cc2c(Cc2ccccc2)n1)OCO3. The highest BCUT2D eigenvalue weighted by atomic mass is 16.7. The molecule has 0 amide bonds. The second kappa shape index (κ2) is 4.77. The molecule has 3 nitrogen and oxygen atoms in total. The summed E-state index contributed by atoms with van der Waals surface area (Å²) in [5, 5.41) is 2.28. The molecule has 2 aromatic carbocycles. The molecule has 0 radical (unpaired) electrons. The first-order valence-electron chi connectivity index (χ1n) is 7.03. The third kappa shape index (κ3) is 2.21. The molecule has 0 spiro atoms. The van der Waals surface area contributed by atoms with Crippen LogP contribution in [0.15, 0.2) is 48.5 Å². The molecule has 21 heavy (non-hydrogen) atoms. The van der Waals surface area contributed by atoms with Crippen LogP contribution in [-0.2, 0) is 6.42 Å². The fourth-order valence-corrected chi connectivity index (χ4v) is 2.78. The summed E-state index contributed by atoms with van der Waals surface area (Å²) in [4.78, 5) is 4.73. The average molecular weight is 277 g/mol. The molecule has 1 aliphatic rings. The molecule has 0 bridgehead atoms. The Kier molecular flexibility index (Phi) is 2.78. The van der Waals surface area contributed by atoms with Gasteiger partial charge in [-0.1, -0.05) is 30.3 Å². The summed E-state index contributed by atoms with van der Waals surface area (Å²) < 4.78 is 11.0. The molecule has 0 N–H and O–H groups in total. The molecule has 3 heteroatoms. The van der Waals surface area contributed by atoms with Crippen LogP contribution in [0.2, 0.25) is 0 Å². The van der Waals surface area contributed by atoms with Crippen LogP contribution in [0, 0.1) is 6.92 Å². The summed E-state index contributed by atoms with van der Waals surface area (Å²) in [6.45, 7) is 2.32. The van der Waals surface area contributed by atoms with Gasteiger partial charge in [-0.05, 0) is 36.1 Å². The van der Waals surface area contributed by atoms with E-state index < -0.39 is 0 Å². The fourth-order valence-electron chi connectivity index (χ4n) is 2.78. The number of ether oxygens (including phenoxy) is 2. The number of aryl methyl sites for hydroxylation is 1. The lowest BCUT2D eigenvalue weighted by Crippen LogP contribution is -1.96. The predicted molar refractivity (Wildman–Crippen MR) is 81.9 cm³/mol. The zero-order chi connectivity index (χ0) is 14.2. The maximum atomic E-state index is 5.49. The van der Waals surface area contributed by atoms with Crippen LogP contribution >= 0.6 is 0 Å². The molecular weight excluding hydrogens is 262 g/mol. The Balaban J connectivity index is 1.87. The van der Waals surface area contributed by atoms with Crippen molar-refractivity contribution in [1.29, 1.82) is 0 Å². The van der Waals surface area contributed by atoms with Crippen molar-refractivity contribution in [2.75, 3.05) is 6.79 Å². The van der Waals surface area contributed by atoms with E-state index in [1.54, 1.807) is 0 Å². The molecule has 3 aromatic rings. The molecule has 0 atom stereocenters. The van der Waals surface area contributed by atoms with Crippen molar-refractivity contribution in [1.82, 2.24) is 4.98 Å². The van der Waals surface area contributed by atoms with Crippen molar-refractivity contribution in [3.8, 4) is 11.5 Å². The molecule has 0 fully saturated rings. The van der Waals surface area contributed by atoms with Crippen molar-refractivity contribution >= 4 is 10.8 Å². The highest BCUT2D eigenvalue weighted by Crippen LogP contribution is 2.37. The lowest BCUT2D eigenvalue weighted by atomic mass is 10.0. The minimum atomic E-state index is 0.298. The first kappa shape index (κ1) is 12.2. The average Bonchev–Trinajstić information content (AvgIpc) is 2.93. The van der Waals surface area contributed by atoms with Gasteiger partial charge in [0.1, 0.15) is 0 Å². The number of hydrogen-bond acceptors (Lipinski definition) is 3. The van der Waals surface area contributed by atoms with E-state index in [9.17, 15) is 0 Å². The van der Waals surface area contributed by atoms with Gasteiger partial charge in [-0.2, -0.15) is 0 Å². The van der Waals surface area contributed by atoms with Crippen molar-refractivity contribution in [3.63, 3.8) is 0 Å². The highest BCUT2D eigenvalue weighted by molar-refractivity contribution is 5.88. The van der Waals surface area contributed by atoms with Gasteiger partial charge in [-0.15, -0.1) is 0 Å². The second-order valence-corrected chi connectivity index (χ2v) is 5.30. The van der Waals surface area contributed by atoms with E-state index >= 15 is 0 Å². The maximum absolute atomic E-state index is 5.49. The first-order valence-corrected chi connectivity index (χ1v) is 7.03. The quantitative estimate of drug-likeness (QED) is 0.712. The van der Waals surface area contributed by atoms with Gasteiger partial charge in [0.2, 0.25) is 6.79 Å². The number of nitrogens with zero attached hydrogens (tertiary/aromatic N) is 1. The molecule has 2 heterocycles. The molecule has 0 saturated heterocycles.